The highest BCUT2D eigenvalue weighted by Gasteiger charge is 2.46. The van der Waals surface area contributed by atoms with Gasteiger partial charge in [-0.1, -0.05) is 39.3 Å². The first kappa shape index (κ1) is 21.0. The molecule has 0 heterocycles. The van der Waals surface area contributed by atoms with Gasteiger partial charge in [0, 0.05) is 0 Å². The molecule has 0 bridgehead atoms. The summed E-state index contributed by atoms with van der Waals surface area (Å²) in [5.74, 6) is -0.322. The summed E-state index contributed by atoms with van der Waals surface area (Å²) in [4.78, 5) is 25.4. The van der Waals surface area contributed by atoms with Crippen molar-refractivity contribution in [2.45, 2.75) is 66.4 Å². The third-order valence-electron chi connectivity index (χ3n) is 4.13. The first-order chi connectivity index (χ1) is 11.9. The van der Waals surface area contributed by atoms with Crippen molar-refractivity contribution in [2.24, 2.45) is 5.41 Å². The van der Waals surface area contributed by atoms with E-state index in [9.17, 15) is 9.59 Å². The lowest BCUT2D eigenvalue weighted by molar-refractivity contribution is -0.168. The van der Waals surface area contributed by atoms with Crippen molar-refractivity contribution in [2.75, 3.05) is 6.61 Å². The van der Waals surface area contributed by atoms with E-state index in [1.807, 2.05) is 20.8 Å². The van der Waals surface area contributed by atoms with Gasteiger partial charge in [0.05, 0.1) is 12.7 Å². The van der Waals surface area contributed by atoms with Gasteiger partial charge in [-0.25, -0.2) is 0 Å². The maximum atomic E-state index is 12.8. The van der Waals surface area contributed by atoms with Crippen molar-refractivity contribution >= 4 is 11.9 Å². The Morgan fingerprint density at radius 1 is 1.00 bits per heavy atom. The van der Waals surface area contributed by atoms with E-state index in [4.69, 9.17) is 14.2 Å². The lowest BCUT2D eigenvalue weighted by atomic mass is 9.82. The van der Waals surface area contributed by atoms with E-state index in [0.717, 1.165) is 12.8 Å². The number of carbonyl (C=O) groups excluding carboxylic acids is 2. The van der Waals surface area contributed by atoms with Gasteiger partial charge in [0.15, 0.2) is 16.9 Å². The zero-order valence-corrected chi connectivity index (χ0v) is 16.0. The highest BCUT2D eigenvalue weighted by atomic mass is 16.6. The molecule has 0 N–H and O–H groups in total. The molecule has 5 nitrogen and oxygen atoms in total. The van der Waals surface area contributed by atoms with E-state index in [1.54, 1.807) is 38.1 Å². The van der Waals surface area contributed by atoms with Gasteiger partial charge < -0.3 is 14.2 Å². The number of unbranched alkanes of at least 4 members (excludes halogenated alkanes) is 1. The molecule has 0 aliphatic carbocycles. The topological polar surface area (TPSA) is 61.8 Å². The Kier molecular flexibility index (Phi) is 8.46. The maximum absolute atomic E-state index is 12.8. The monoisotopic (exact) mass is 350 g/mol. The van der Waals surface area contributed by atoms with Crippen molar-refractivity contribution in [3.05, 3.63) is 24.3 Å². The quantitative estimate of drug-likeness (QED) is 0.268. The average Bonchev–Trinajstić information content (AvgIpc) is 2.58. The van der Waals surface area contributed by atoms with Crippen LogP contribution in [-0.4, -0.2) is 24.6 Å². The number of hydrogen-bond donors (Lipinski definition) is 0. The lowest BCUT2D eigenvalue weighted by Gasteiger charge is -2.27. The van der Waals surface area contributed by atoms with Gasteiger partial charge in [-0.15, -0.1) is 0 Å². The summed E-state index contributed by atoms with van der Waals surface area (Å²) in [7, 11) is 0. The standard InChI is InChI=1S/C20H30O5/c1-6-9-14-23-18(21)20(7-2,8-3)19(22)25-17-13-11-10-12-16(17)24-15(4)5/h10-13,15H,6-9,14H2,1-5H3. The number of benzene rings is 1. The molecule has 25 heavy (non-hydrogen) atoms. The molecule has 0 radical (unpaired) electrons. The van der Waals surface area contributed by atoms with Crippen LogP contribution in [0.5, 0.6) is 11.5 Å². The third kappa shape index (κ3) is 5.48. The van der Waals surface area contributed by atoms with Gasteiger partial charge in [-0.3, -0.25) is 9.59 Å². The van der Waals surface area contributed by atoms with E-state index >= 15 is 0 Å². The Balaban J connectivity index is 2.99. The summed E-state index contributed by atoms with van der Waals surface area (Å²) in [6.07, 6.45) is 2.28. The fraction of sp³-hybridized carbons (Fsp3) is 0.600. The normalized spacial score (nSPS) is 11.3. The summed E-state index contributed by atoms with van der Waals surface area (Å²) in [5, 5.41) is 0. The number of esters is 2. The van der Waals surface area contributed by atoms with E-state index in [0.29, 0.717) is 30.9 Å². The predicted molar refractivity (Wildman–Crippen MR) is 96.7 cm³/mol. The van der Waals surface area contributed by atoms with Gasteiger partial charge in [-0.2, -0.15) is 0 Å². The molecule has 1 aromatic carbocycles. The third-order valence-corrected chi connectivity index (χ3v) is 4.13. The van der Waals surface area contributed by atoms with Gasteiger partial charge >= 0.3 is 11.9 Å². The zero-order valence-electron chi connectivity index (χ0n) is 16.0. The molecule has 0 saturated heterocycles. The van der Waals surface area contributed by atoms with Gasteiger partial charge in [0.2, 0.25) is 0 Å². The molecule has 0 atom stereocenters. The smallest absolute Gasteiger partial charge is 0.328 e. The van der Waals surface area contributed by atoms with Gasteiger partial charge in [0.25, 0.3) is 0 Å². The minimum absolute atomic E-state index is 0.0547. The van der Waals surface area contributed by atoms with Crippen LogP contribution in [-0.2, 0) is 14.3 Å². The Bertz CT molecular complexity index is 561. The molecule has 0 fully saturated rings. The molecule has 0 aliphatic heterocycles. The van der Waals surface area contributed by atoms with Crippen LogP contribution in [0.25, 0.3) is 0 Å². The lowest BCUT2D eigenvalue weighted by Crippen LogP contribution is -2.42. The summed E-state index contributed by atoms with van der Waals surface area (Å²) in [6.45, 7) is 9.71. The van der Waals surface area contributed by atoms with Crippen LogP contribution >= 0.6 is 0 Å². The number of para-hydroxylation sites is 2. The summed E-state index contributed by atoms with van der Waals surface area (Å²) >= 11 is 0. The van der Waals surface area contributed by atoms with E-state index in [1.165, 1.54) is 0 Å². The molecule has 0 spiro atoms. The Morgan fingerprint density at radius 2 is 1.60 bits per heavy atom. The van der Waals surface area contributed by atoms with Crippen LogP contribution < -0.4 is 9.47 Å². The molecule has 140 valence electrons. The summed E-state index contributed by atoms with van der Waals surface area (Å²) in [5.41, 5.74) is -1.29. The van der Waals surface area contributed by atoms with Gasteiger partial charge in [0.1, 0.15) is 0 Å². The summed E-state index contributed by atoms with van der Waals surface area (Å²) in [6, 6.07) is 6.96. The van der Waals surface area contributed by atoms with Crippen LogP contribution in [0.15, 0.2) is 24.3 Å². The fourth-order valence-corrected chi connectivity index (χ4v) is 2.44. The molecule has 0 saturated carbocycles. The second kappa shape index (κ2) is 10.1. The molecular formula is C20H30O5. The molecule has 0 amide bonds. The molecule has 0 aliphatic rings. The van der Waals surface area contributed by atoms with Crippen LogP contribution in [0.3, 0.4) is 0 Å². The van der Waals surface area contributed by atoms with E-state index in [-0.39, 0.29) is 6.10 Å². The molecule has 0 unspecified atom stereocenters. The SMILES string of the molecule is CCCCOC(=O)C(CC)(CC)C(=O)Oc1ccccc1OC(C)C. The minimum Gasteiger partial charge on any atom is -0.487 e. The van der Waals surface area contributed by atoms with Crippen molar-refractivity contribution in [3.8, 4) is 11.5 Å². The Labute approximate surface area is 150 Å². The van der Waals surface area contributed by atoms with Crippen LogP contribution in [0, 0.1) is 5.41 Å². The summed E-state index contributed by atoms with van der Waals surface area (Å²) < 4.78 is 16.5. The van der Waals surface area contributed by atoms with E-state index < -0.39 is 17.4 Å². The first-order valence-electron chi connectivity index (χ1n) is 9.06. The second-order valence-corrected chi connectivity index (χ2v) is 6.28. The van der Waals surface area contributed by atoms with Crippen LogP contribution in [0.2, 0.25) is 0 Å². The van der Waals surface area contributed by atoms with E-state index in [2.05, 4.69) is 0 Å². The number of carbonyl (C=O) groups is 2. The first-order valence-corrected chi connectivity index (χ1v) is 9.06. The van der Waals surface area contributed by atoms with Crippen molar-refractivity contribution in [1.82, 2.24) is 0 Å². The fourth-order valence-electron chi connectivity index (χ4n) is 2.44. The highest BCUT2D eigenvalue weighted by Crippen LogP contribution is 2.34. The van der Waals surface area contributed by atoms with Crippen molar-refractivity contribution in [3.63, 3.8) is 0 Å². The van der Waals surface area contributed by atoms with Gasteiger partial charge in [-0.05, 0) is 45.2 Å². The molecule has 5 heteroatoms. The molecule has 1 rings (SSSR count). The number of ether oxygens (including phenoxy) is 3. The van der Waals surface area contributed by atoms with Crippen molar-refractivity contribution in [1.29, 1.82) is 0 Å². The highest BCUT2D eigenvalue weighted by molar-refractivity contribution is 6.00. The maximum Gasteiger partial charge on any atom is 0.328 e. The number of rotatable bonds is 10. The minimum atomic E-state index is -1.29. The van der Waals surface area contributed by atoms with Crippen LogP contribution in [0.4, 0.5) is 0 Å². The largest absolute Gasteiger partial charge is 0.487 e. The zero-order chi connectivity index (χ0) is 18.9. The molecular weight excluding hydrogens is 320 g/mol. The molecule has 1 aromatic rings. The average molecular weight is 350 g/mol. The van der Waals surface area contributed by atoms with Crippen LogP contribution in [0.1, 0.15) is 60.3 Å². The number of hydrogen-bond acceptors (Lipinski definition) is 5. The second-order valence-electron chi connectivity index (χ2n) is 6.28. The van der Waals surface area contributed by atoms with Crippen molar-refractivity contribution < 1.29 is 23.8 Å². The Morgan fingerprint density at radius 3 is 2.12 bits per heavy atom. The Hall–Kier alpha value is -2.04. The predicted octanol–water partition coefficient (Wildman–Crippen LogP) is 4.53. The molecule has 0 aromatic heterocycles.